The molecule has 21 heavy (non-hydrogen) atoms. The zero-order valence-electron chi connectivity index (χ0n) is 11.9. The molecule has 0 unspecified atom stereocenters. The Morgan fingerprint density at radius 3 is 2.86 bits per heavy atom. The smallest absolute Gasteiger partial charge is 0.341 e. The van der Waals surface area contributed by atoms with Gasteiger partial charge in [0, 0.05) is 5.39 Å². The third-order valence-corrected chi connectivity index (χ3v) is 3.31. The fourth-order valence-electron chi connectivity index (χ4n) is 2.22. The van der Waals surface area contributed by atoms with E-state index in [1.807, 2.05) is 43.3 Å². The van der Waals surface area contributed by atoms with Crippen LogP contribution < -0.4 is 0 Å². The van der Waals surface area contributed by atoms with Gasteiger partial charge < -0.3 is 4.74 Å². The maximum Gasteiger partial charge on any atom is 0.341 e. The first-order chi connectivity index (χ1) is 10.2. The molecular formula is C16H15N3O2. The van der Waals surface area contributed by atoms with E-state index < -0.39 is 0 Å². The summed E-state index contributed by atoms with van der Waals surface area (Å²) in [4.78, 5) is 16.4. The molecule has 5 heteroatoms. The fourth-order valence-corrected chi connectivity index (χ4v) is 2.22. The Labute approximate surface area is 122 Å². The van der Waals surface area contributed by atoms with Crippen LogP contribution in [0.2, 0.25) is 0 Å². The van der Waals surface area contributed by atoms with Crippen LogP contribution in [0.5, 0.6) is 0 Å². The monoisotopic (exact) mass is 281 g/mol. The van der Waals surface area contributed by atoms with Crippen LogP contribution in [0.25, 0.3) is 16.7 Å². The highest BCUT2D eigenvalue weighted by atomic mass is 16.5. The number of para-hydroxylation sites is 1. The predicted molar refractivity (Wildman–Crippen MR) is 79.6 cm³/mol. The molecule has 0 aliphatic carbocycles. The molecule has 5 nitrogen and oxygen atoms in total. The Hall–Kier alpha value is -2.69. The molecule has 3 aromatic rings. The summed E-state index contributed by atoms with van der Waals surface area (Å²) in [5, 5.41) is 5.32. The molecule has 2 aromatic heterocycles. The van der Waals surface area contributed by atoms with E-state index in [0.717, 1.165) is 16.6 Å². The minimum Gasteiger partial charge on any atom is -0.462 e. The van der Waals surface area contributed by atoms with Gasteiger partial charge in [-0.2, -0.15) is 5.10 Å². The van der Waals surface area contributed by atoms with Crippen molar-refractivity contribution in [3.8, 4) is 5.82 Å². The first kappa shape index (κ1) is 13.3. The van der Waals surface area contributed by atoms with Gasteiger partial charge in [0.05, 0.1) is 24.0 Å². The molecule has 0 aliphatic rings. The van der Waals surface area contributed by atoms with Crippen LogP contribution in [0.15, 0.2) is 42.6 Å². The van der Waals surface area contributed by atoms with Crippen molar-refractivity contribution < 1.29 is 9.53 Å². The fraction of sp³-hybridized carbons (Fsp3) is 0.188. The second kappa shape index (κ2) is 5.36. The van der Waals surface area contributed by atoms with Gasteiger partial charge in [-0.15, -0.1) is 0 Å². The summed E-state index contributed by atoms with van der Waals surface area (Å²) in [7, 11) is 0. The highest BCUT2D eigenvalue weighted by molar-refractivity contribution is 5.90. The highest BCUT2D eigenvalue weighted by Crippen LogP contribution is 2.17. The predicted octanol–water partition coefficient (Wildman–Crippen LogP) is 2.91. The van der Waals surface area contributed by atoms with Gasteiger partial charge in [0.1, 0.15) is 5.56 Å². The Kier molecular flexibility index (Phi) is 3.39. The minimum absolute atomic E-state index is 0.345. The Morgan fingerprint density at radius 1 is 1.24 bits per heavy atom. The summed E-state index contributed by atoms with van der Waals surface area (Å²) in [6.07, 6.45) is 1.52. The third kappa shape index (κ3) is 2.38. The number of carbonyl (C=O) groups excluding carboxylic acids is 1. The molecule has 3 rings (SSSR count). The number of hydrogen-bond donors (Lipinski definition) is 0. The van der Waals surface area contributed by atoms with Gasteiger partial charge in [-0.1, -0.05) is 18.2 Å². The van der Waals surface area contributed by atoms with Crippen LogP contribution >= 0.6 is 0 Å². The van der Waals surface area contributed by atoms with E-state index in [9.17, 15) is 4.79 Å². The van der Waals surface area contributed by atoms with Crippen LogP contribution in [0.4, 0.5) is 0 Å². The molecule has 0 spiro atoms. The van der Waals surface area contributed by atoms with E-state index in [4.69, 9.17) is 4.74 Å². The minimum atomic E-state index is -0.359. The van der Waals surface area contributed by atoms with Crippen molar-refractivity contribution in [2.24, 2.45) is 0 Å². The number of nitrogens with zero attached hydrogens (tertiary/aromatic N) is 3. The largest absolute Gasteiger partial charge is 0.462 e. The Balaban J connectivity index is 2.04. The van der Waals surface area contributed by atoms with E-state index in [1.165, 1.54) is 6.20 Å². The Morgan fingerprint density at radius 2 is 2.05 bits per heavy atom. The highest BCUT2D eigenvalue weighted by Gasteiger charge is 2.16. The van der Waals surface area contributed by atoms with Crippen molar-refractivity contribution in [1.82, 2.24) is 14.8 Å². The number of rotatable bonds is 3. The number of ether oxygens (including phenoxy) is 1. The number of pyridine rings is 1. The molecule has 0 radical (unpaired) electrons. The van der Waals surface area contributed by atoms with E-state index in [0.29, 0.717) is 18.0 Å². The van der Waals surface area contributed by atoms with Gasteiger partial charge in [0.15, 0.2) is 5.82 Å². The maximum atomic E-state index is 11.8. The number of esters is 1. The quantitative estimate of drug-likeness (QED) is 0.693. The van der Waals surface area contributed by atoms with Crippen LogP contribution in [-0.2, 0) is 4.74 Å². The summed E-state index contributed by atoms with van der Waals surface area (Å²) < 4.78 is 6.67. The normalized spacial score (nSPS) is 10.8. The summed E-state index contributed by atoms with van der Waals surface area (Å²) >= 11 is 0. The number of hydrogen-bond acceptors (Lipinski definition) is 4. The Bertz CT molecular complexity index is 808. The average molecular weight is 281 g/mol. The van der Waals surface area contributed by atoms with Gasteiger partial charge >= 0.3 is 5.97 Å². The van der Waals surface area contributed by atoms with E-state index >= 15 is 0 Å². The topological polar surface area (TPSA) is 57.0 Å². The number of benzene rings is 1. The molecule has 0 fully saturated rings. The number of fused-ring (bicyclic) bond motifs is 1. The van der Waals surface area contributed by atoms with Crippen molar-refractivity contribution >= 4 is 16.9 Å². The molecule has 0 saturated heterocycles. The van der Waals surface area contributed by atoms with E-state index in [1.54, 1.807) is 11.6 Å². The molecule has 0 bridgehead atoms. The molecular weight excluding hydrogens is 266 g/mol. The lowest BCUT2D eigenvalue weighted by Crippen LogP contribution is -2.07. The lowest BCUT2D eigenvalue weighted by molar-refractivity contribution is 0.0525. The summed E-state index contributed by atoms with van der Waals surface area (Å²) in [6.45, 7) is 3.95. The van der Waals surface area contributed by atoms with Crippen LogP contribution in [0.3, 0.4) is 0 Å². The summed E-state index contributed by atoms with van der Waals surface area (Å²) in [5.74, 6) is 0.323. The molecule has 0 N–H and O–H groups in total. The lowest BCUT2D eigenvalue weighted by Gasteiger charge is -2.06. The van der Waals surface area contributed by atoms with E-state index in [-0.39, 0.29) is 5.97 Å². The second-order valence-corrected chi connectivity index (χ2v) is 4.64. The molecule has 0 atom stereocenters. The first-order valence-electron chi connectivity index (χ1n) is 6.78. The van der Waals surface area contributed by atoms with Gasteiger partial charge in [-0.05, 0) is 32.0 Å². The van der Waals surface area contributed by atoms with Crippen LogP contribution in [0, 0.1) is 6.92 Å². The second-order valence-electron chi connectivity index (χ2n) is 4.64. The third-order valence-electron chi connectivity index (χ3n) is 3.31. The molecule has 1 aromatic carbocycles. The molecule has 106 valence electrons. The standard InChI is InChI=1S/C16H15N3O2/c1-3-21-16(20)13-10-17-19(11(13)2)15-9-8-12-6-4-5-7-14(12)18-15/h4-10H,3H2,1-2H3. The summed E-state index contributed by atoms with van der Waals surface area (Å²) in [5.41, 5.74) is 2.07. The van der Waals surface area contributed by atoms with Crippen LogP contribution in [0.1, 0.15) is 23.0 Å². The molecule has 0 aliphatic heterocycles. The maximum absolute atomic E-state index is 11.8. The van der Waals surface area contributed by atoms with Crippen molar-refractivity contribution in [3.63, 3.8) is 0 Å². The SMILES string of the molecule is CCOC(=O)c1cnn(-c2ccc3ccccc3n2)c1C. The molecule has 2 heterocycles. The van der Waals surface area contributed by atoms with Gasteiger partial charge in [-0.3, -0.25) is 0 Å². The zero-order valence-corrected chi connectivity index (χ0v) is 11.9. The first-order valence-corrected chi connectivity index (χ1v) is 6.78. The number of carbonyl (C=O) groups is 1. The van der Waals surface area contributed by atoms with Crippen molar-refractivity contribution in [3.05, 3.63) is 53.9 Å². The van der Waals surface area contributed by atoms with Gasteiger partial charge in [0.25, 0.3) is 0 Å². The molecule has 0 saturated carbocycles. The average Bonchev–Trinajstić information content (AvgIpc) is 2.89. The van der Waals surface area contributed by atoms with Gasteiger partial charge in [0.2, 0.25) is 0 Å². The van der Waals surface area contributed by atoms with E-state index in [2.05, 4.69) is 10.1 Å². The van der Waals surface area contributed by atoms with Crippen molar-refractivity contribution in [1.29, 1.82) is 0 Å². The zero-order chi connectivity index (χ0) is 14.8. The molecule has 0 amide bonds. The lowest BCUT2D eigenvalue weighted by atomic mass is 10.2. The summed E-state index contributed by atoms with van der Waals surface area (Å²) in [6, 6.07) is 11.7. The van der Waals surface area contributed by atoms with Crippen LogP contribution in [-0.4, -0.2) is 27.3 Å². The van der Waals surface area contributed by atoms with Crippen molar-refractivity contribution in [2.45, 2.75) is 13.8 Å². The number of aromatic nitrogens is 3. The van der Waals surface area contributed by atoms with Gasteiger partial charge in [-0.25, -0.2) is 14.5 Å². The van der Waals surface area contributed by atoms with Crippen molar-refractivity contribution in [2.75, 3.05) is 6.61 Å².